The van der Waals surface area contributed by atoms with Gasteiger partial charge in [0.1, 0.15) is 11.3 Å². The molecule has 0 atom stereocenters. The van der Waals surface area contributed by atoms with Gasteiger partial charge in [0.15, 0.2) is 0 Å². The molecule has 0 aliphatic carbocycles. The number of nitrogens with two attached hydrogens (primary N) is 1. The van der Waals surface area contributed by atoms with E-state index >= 15 is 0 Å². The molecule has 1 rings (SSSR count). The second-order valence-electron chi connectivity index (χ2n) is 4.76. The largest absolute Gasteiger partial charge is 0.496 e. The number of hydrogen-bond donors (Lipinski definition) is 3. The topological polar surface area (TPSA) is 136 Å². The van der Waals surface area contributed by atoms with Crippen LogP contribution in [0.1, 0.15) is 24.2 Å². The number of primary amides is 1. The average Bonchev–Trinajstić information content (AvgIpc) is 2.36. The highest BCUT2D eigenvalue weighted by Gasteiger charge is 2.33. The number of aliphatic carboxylic acids is 1. The number of carboxylic acids is 1. The number of benzene rings is 1. The number of hydrogen-bond acceptors (Lipinski definition) is 5. The Hall–Kier alpha value is -2.13. The maximum Gasteiger partial charge on any atom is 0.324 e. The van der Waals surface area contributed by atoms with Crippen LogP contribution in [0.15, 0.2) is 23.1 Å². The van der Waals surface area contributed by atoms with E-state index in [1.807, 2.05) is 4.72 Å². The molecule has 0 aromatic heterocycles. The van der Waals surface area contributed by atoms with Crippen molar-refractivity contribution in [2.45, 2.75) is 24.3 Å². The number of carbonyl (C=O) groups excluding carboxylic acids is 1. The Labute approximate surface area is 122 Å². The summed E-state index contributed by atoms with van der Waals surface area (Å²) in [7, 11) is -2.83. The summed E-state index contributed by atoms with van der Waals surface area (Å²) in [4.78, 5) is 22.0. The number of rotatable bonds is 6. The van der Waals surface area contributed by atoms with Crippen LogP contribution in [0.4, 0.5) is 0 Å². The van der Waals surface area contributed by atoms with Crippen LogP contribution < -0.4 is 15.2 Å². The Morgan fingerprint density at radius 1 is 1.33 bits per heavy atom. The monoisotopic (exact) mass is 316 g/mol. The molecule has 0 fully saturated rings. The van der Waals surface area contributed by atoms with Crippen molar-refractivity contribution in [3.05, 3.63) is 23.8 Å². The highest BCUT2D eigenvalue weighted by Crippen LogP contribution is 2.23. The van der Waals surface area contributed by atoms with Gasteiger partial charge in [-0.2, -0.15) is 4.72 Å². The van der Waals surface area contributed by atoms with E-state index in [1.165, 1.54) is 33.1 Å². The fourth-order valence-electron chi connectivity index (χ4n) is 1.49. The summed E-state index contributed by atoms with van der Waals surface area (Å²) in [5.74, 6) is -2.07. The first kappa shape index (κ1) is 16.9. The summed E-state index contributed by atoms with van der Waals surface area (Å²) in [6, 6.07) is 3.48. The van der Waals surface area contributed by atoms with Crippen LogP contribution in [0.2, 0.25) is 0 Å². The molecule has 8 nitrogen and oxygen atoms in total. The summed E-state index contributed by atoms with van der Waals surface area (Å²) < 4.78 is 31.3. The van der Waals surface area contributed by atoms with Gasteiger partial charge in [0.25, 0.3) is 5.91 Å². The van der Waals surface area contributed by atoms with Crippen molar-refractivity contribution in [3.8, 4) is 5.75 Å². The number of methoxy groups -OCH3 is 1. The van der Waals surface area contributed by atoms with Gasteiger partial charge in [0.2, 0.25) is 10.0 Å². The molecule has 0 saturated heterocycles. The van der Waals surface area contributed by atoms with Crippen LogP contribution in [-0.4, -0.2) is 38.0 Å². The van der Waals surface area contributed by atoms with Gasteiger partial charge in [0, 0.05) is 0 Å². The van der Waals surface area contributed by atoms with E-state index in [9.17, 15) is 18.0 Å². The Balaban J connectivity index is 3.30. The summed E-state index contributed by atoms with van der Waals surface area (Å²) in [6.07, 6.45) is 0. The molecule has 21 heavy (non-hydrogen) atoms. The molecule has 0 radical (unpaired) electrons. The van der Waals surface area contributed by atoms with Gasteiger partial charge in [-0.1, -0.05) is 0 Å². The zero-order chi connectivity index (χ0) is 16.4. The molecular weight excluding hydrogens is 300 g/mol. The summed E-state index contributed by atoms with van der Waals surface area (Å²) in [6.45, 7) is 2.40. The third-order valence-corrected chi connectivity index (χ3v) is 4.32. The smallest absolute Gasteiger partial charge is 0.324 e. The van der Waals surface area contributed by atoms with Gasteiger partial charge in [-0.25, -0.2) is 8.42 Å². The fourth-order valence-corrected chi connectivity index (χ4v) is 2.88. The molecule has 0 unspecified atom stereocenters. The van der Waals surface area contributed by atoms with Gasteiger partial charge in [-0.05, 0) is 32.0 Å². The SMILES string of the molecule is COc1ccc(S(=O)(=O)NC(C)(C)C(=O)O)cc1C(N)=O. The highest BCUT2D eigenvalue weighted by atomic mass is 32.2. The number of nitrogens with one attached hydrogen (secondary N) is 1. The molecule has 0 aliphatic rings. The minimum atomic E-state index is -4.14. The van der Waals surface area contributed by atoms with E-state index < -0.39 is 27.4 Å². The fraction of sp³-hybridized carbons (Fsp3) is 0.333. The van der Waals surface area contributed by atoms with E-state index in [1.54, 1.807) is 0 Å². The molecule has 0 heterocycles. The minimum absolute atomic E-state index is 0.117. The molecule has 0 aliphatic heterocycles. The molecule has 116 valence electrons. The summed E-state index contributed by atoms with van der Waals surface area (Å²) >= 11 is 0. The van der Waals surface area contributed by atoms with Gasteiger partial charge in [-0.15, -0.1) is 0 Å². The third-order valence-electron chi connectivity index (χ3n) is 2.67. The first-order chi connectivity index (χ1) is 9.51. The quantitative estimate of drug-likeness (QED) is 0.672. The molecule has 9 heteroatoms. The predicted octanol–water partition coefficient (Wildman–Crippen LogP) is -0.0644. The van der Waals surface area contributed by atoms with Crippen LogP contribution in [0.25, 0.3) is 0 Å². The van der Waals surface area contributed by atoms with Crippen molar-refractivity contribution in [2.75, 3.05) is 7.11 Å². The predicted molar refractivity (Wildman–Crippen MR) is 73.5 cm³/mol. The molecule has 1 amide bonds. The second-order valence-corrected chi connectivity index (χ2v) is 6.44. The minimum Gasteiger partial charge on any atom is -0.496 e. The standard InChI is InChI=1S/C12H16N2O6S/c1-12(2,11(16)17)14-21(18,19)7-4-5-9(20-3)8(6-7)10(13)15/h4-6,14H,1-3H3,(H2,13,15)(H,16,17). The Morgan fingerprint density at radius 3 is 2.33 bits per heavy atom. The summed E-state index contributed by atoms with van der Waals surface area (Å²) in [5.41, 5.74) is 3.33. The van der Waals surface area contributed by atoms with E-state index in [0.717, 1.165) is 6.07 Å². The van der Waals surface area contributed by atoms with Crippen molar-refractivity contribution >= 4 is 21.9 Å². The molecule has 0 bridgehead atoms. The van der Waals surface area contributed by atoms with Crippen molar-refractivity contribution in [3.63, 3.8) is 0 Å². The zero-order valence-corrected chi connectivity index (χ0v) is 12.5. The third kappa shape index (κ3) is 3.70. The molecule has 4 N–H and O–H groups in total. The molecule has 1 aromatic carbocycles. The van der Waals surface area contributed by atoms with Crippen LogP contribution in [0.3, 0.4) is 0 Å². The Bertz CT molecular complexity index is 681. The van der Waals surface area contributed by atoms with Crippen LogP contribution in [0.5, 0.6) is 5.75 Å². The van der Waals surface area contributed by atoms with E-state index in [2.05, 4.69) is 0 Å². The molecule has 0 spiro atoms. The second kappa shape index (κ2) is 5.70. The first-order valence-electron chi connectivity index (χ1n) is 5.76. The summed E-state index contributed by atoms with van der Waals surface area (Å²) in [5, 5.41) is 8.96. The molecule has 1 aromatic rings. The van der Waals surface area contributed by atoms with Gasteiger partial charge < -0.3 is 15.6 Å². The highest BCUT2D eigenvalue weighted by molar-refractivity contribution is 7.89. The Kier molecular flexibility index (Phi) is 4.59. The number of carboxylic acid groups (broad SMARTS) is 1. The zero-order valence-electron chi connectivity index (χ0n) is 11.7. The number of carbonyl (C=O) groups is 2. The Morgan fingerprint density at radius 2 is 1.90 bits per heavy atom. The van der Waals surface area contributed by atoms with Crippen molar-refractivity contribution < 1.29 is 27.9 Å². The number of ether oxygens (including phenoxy) is 1. The van der Waals surface area contributed by atoms with E-state index in [4.69, 9.17) is 15.6 Å². The van der Waals surface area contributed by atoms with Crippen LogP contribution >= 0.6 is 0 Å². The van der Waals surface area contributed by atoms with Gasteiger partial charge in [0.05, 0.1) is 17.6 Å². The van der Waals surface area contributed by atoms with E-state index in [0.29, 0.717) is 0 Å². The average molecular weight is 316 g/mol. The van der Waals surface area contributed by atoms with Gasteiger partial charge >= 0.3 is 5.97 Å². The van der Waals surface area contributed by atoms with Crippen molar-refractivity contribution in [2.24, 2.45) is 5.73 Å². The molecule has 0 saturated carbocycles. The lowest BCUT2D eigenvalue weighted by atomic mass is 10.1. The first-order valence-corrected chi connectivity index (χ1v) is 7.25. The van der Waals surface area contributed by atoms with Crippen molar-refractivity contribution in [1.29, 1.82) is 0 Å². The normalized spacial score (nSPS) is 12.0. The number of amides is 1. The molecular formula is C12H16N2O6S. The van der Waals surface area contributed by atoms with Crippen molar-refractivity contribution in [1.82, 2.24) is 4.72 Å². The number of sulfonamides is 1. The maximum absolute atomic E-state index is 12.2. The van der Waals surface area contributed by atoms with Gasteiger partial charge in [-0.3, -0.25) is 9.59 Å². The van der Waals surface area contributed by atoms with Crippen LogP contribution in [-0.2, 0) is 14.8 Å². The van der Waals surface area contributed by atoms with E-state index in [-0.39, 0.29) is 16.2 Å². The lowest BCUT2D eigenvalue weighted by Crippen LogP contribution is -2.49. The van der Waals surface area contributed by atoms with Crippen LogP contribution in [0, 0.1) is 0 Å². The lowest BCUT2D eigenvalue weighted by Gasteiger charge is -2.21. The lowest BCUT2D eigenvalue weighted by molar-refractivity contribution is -0.142. The maximum atomic E-state index is 12.2.